The molecule has 0 fully saturated rings. The SMILES string of the molecule is CCOC(=O)c1cccc(NC(=O)c2ccc(C[S@](=O)c3ccc(Cl)cc3)o2)c1. The molecule has 0 unspecified atom stereocenters. The van der Waals surface area contributed by atoms with Crippen molar-refractivity contribution in [3.8, 4) is 0 Å². The first-order valence-electron chi connectivity index (χ1n) is 8.77. The number of carbonyl (C=O) groups excluding carboxylic acids is 2. The van der Waals surface area contributed by atoms with Crippen LogP contribution in [-0.2, 0) is 21.3 Å². The molecule has 1 heterocycles. The van der Waals surface area contributed by atoms with Gasteiger partial charge in [0.2, 0.25) is 0 Å². The Labute approximate surface area is 175 Å². The predicted molar refractivity (Wildman–Crippen MR) is 111 cm³/mol. The van der Waals surface area contributed by atoms with Gasteiger partial charge in [-0.05, 0) is 61.5 Å². The summed E-state index contributed by atoms with van der Waals surface area (Å²) in [5.41, 5.74) is 0.770. The fraction of sp³-hybridized carbons (Fsp3) is 0.143. The number of rotatable bonds is 7. The summed E-state index contributed by atoms with van der Waals surface area (Å²) in [4.78, 5) is 24.8. The van der Waals surface area contributed by atoms with Crippen LogP contribution < -0.4 is 5.32 Å². The van der Waals surface area contributed by atoms with Crippen LogP contribution in [-0.4, -0.2) is 22.7 Å². The Kier molecular flexibility index (Phi) is 6.85. The third-order valence-corrected chi connectivity index (χ3v) is 5.46. The maximum Gasteiger partial charge on any atom is 0.338 e. The van der Waals surface area contributed by atoms with Crippen molar-refractivity contribution >= 4 is 40.0 Å². The van der Waals surface area contributed by atoms with Gasteiger partial charge in [0.05, 0.1) is 28.7 Å². The quantitative estimate of drug-likeness (QED) is 0.549. The number of esters is 1. The van der Waals surface area contributed by atoms with E-state index in [0.717, 1.165) is 0 Å². The first kappa shape index (κ1) is 20.8. The van der Waals surface area contributed by atoms with E-state index in [0.29, 0.717) is 26.9 Å². The minimum absolute atomic E-state index is 0.0784. The molecule has 150 valence electrons. The molecule has 1 atom stereocenters. The van der Waals surface area contributed by atoms with E-state index in [1.54, 1.807) is 55.5 Å². The van der Waals surface area contributed by atoms with Gasteiger partial charge in [-0.1, -0.05) is 17.7 Å². The zero-order chi connectivity index (χ0) is 20.8. The predicted octanol–water partition coefficient (Wildman–Crippen LogP) is 4.67. The molecule has 0 aliphatic carbocycles. The average molecular weight is 432 g/mol. The molecule has 0 aliphatic rings. The fourth-order valence-electron chi connectivity index (χ4n) is 2.51. The molecule has 3 aromatic rings. The fourth-order valence-corrected chi connectivity index (χ4v) is 3.65. The molecule has 6 nitrogen and oxygen atoms in total. The lowest BCUT2D eigenvalue weighted by molar-refractivity contribution is 0.0526. The Morgan fingerprint density at radius 2 is 1.86 bits per heavy atom. The van der Waals surface area contributed by atoms with E-state index < -0.39 is 22.7 Å². The lowest BCUT2D eigenvalue weighted by Gasteiger charge is -2.06. The summed E-state index contributed by atoms with van der Waals surface area (Å²) >= 11 is 5.84. The van der Waals surface area contributed by atoms with Crippen molar-refractivity contribution in [2.75, 3.05) is 11.9 Å². The maximum absolute atomic E-state index is 12.4. The van der Waals surface area contributed by atoms with Gasteiger partial charge in [0, 0.05) is 15.6 Å². The third kappa shape index (κ3) is 5.56. The summed E-state index contributed by atoms with van der Waals surface area (Å²) in [5.74, 6) is -0.311. The number of halogens is 1. The summed E-state index contributed by atoms with van der Waals surface area (Å²) in [7, 11) is -1.33. The Balaban J connectivity index is 1.65. The van der Waals surface area contributed by atoms with E-state index in [4.69, 9.17) is 20.8 Å². The van der Waals surface area contributed by atoms with Gasteiger partial charge >= 0.3 is 5.97 Å². The lowest BCUT2D eigenvalue weighted by atomic mass is 10.2. The second kappa shape index (κ2) is 9.54. The van der Waals surface area contributed by atoms with Gasteiger partial charge in [0.25, 0.3) is 5.91 Å². The van der Waals surface area contributed by atoms with Crippen molar-refractivity contribution in [1.82, 2.24) is 0 Å². The number of furan rings is 1. The van der Waals surface area contributed by atoms with Crippen LogP contribution in [0.15, 0.2) is 70.0 Å². The molecule has 29 heavy (non-hydrogen) atoms. The summed E-state index contributed by atoms with van der Waals surface area (Å²) in [6.07, 6.45) is 0. The van der Waals surface area contributed by atoms with Gasteiger partial charge < -0.3 is 14.5 Å². The molecule has 8 heteroatoms. The second-order valence-corrected chi connectivity index (χ2v) is 7.85. The number of benzene rings is 2. The Bertz CT molecular complexity index is 1050. The van der Waals surface area contributed by atoms with Gasteiger partial charge in [0.15, 0.2) is 5.76 Å². The lowest BCUT2D eigenvalue weighted by Crippen LogP contribution is -2.12. The van der Waals surface area contributed by atoms with Crippen LogP contribution in [0.2, 0.25) is 5.02 Å². The highest BCUT2D eigenvalue weighted by molar-refractivity contribution is 7.84. The van der Waals surface area contributed by atoms with E-state index >= 15 is 0 Å². The first-order valence-corrected chi connectivity index (χ1v) is 10.5. The van der Waals surface area contributed by atoms with Crippen LogP contribution in [0, 0.1) is 0 Å². The van der Waals surface area contributed by atoms with Gasteiger partial charge in [-0.3, -0.25) is 9.00 Å². The Hall–Kier alpha value is -2.90. The molecular weight excluding hydrogens is 414 g/mol. The van der Waals surface area contributed by atoms with Crippen LogP contribution in [0.4, 0.5) is 5.69 Å². The highest BCUT2D eigenvalue weighted by atomic mass is 35.5. The maximum atomic E-state index is 12.4. The molecular formula is C21H18ClNO5S. The molecule has 0 spiro atoms. The number of hydrogen-bond acceptors (Lipinski definition) is 5. The molecule has 0 saturated carbocycles. The van der Waals surface area contributed by atoms with Crippen molar-refractivity contribution in [3.63, 3.8) is 0 Å². The van der Waals surface area contributed by atoms with Crippen LogP contribution in [0.1, 0.15) is 33.6 Å². The molecule has 0 aliphatic heterocycles. The molecule has 1 N–H and O–H groups in total. The zero-order valence-electron chi connectivity index (χ0n) is 15.5. The van der Waals surface area contributed by atoms with Crippen LogP contribution in [0.3, 0.4) is 0 Å². The zero-order valence-corrected chi connectivity index (χ0v) is 17.1. The van der Waals surface area contributed by atoms with Gasteiger partial charge in [-0.15, -0.1) is 0 Å². The highest BCUT2D eigenvalue weighted by Crippen LogP contribution is 2.19. The molecule has 3 rings (SSSR count). The van der Waals surface area contributed by atoms with Crippen molar-refractivity contribution in [3.05, 3.63) is 82.8 Å². The van der Waals surface area contributed by atoms with E-state index in [1.165, 1.54) is 12.1 Å². The molecule has 1 amide bonds. The third-order valence-electron chi connectivity index (χ3n) is 3.87. The van der Waals surface area contributed by atoms with Crippen LogP contribution in [0.5, 0.6) is 0 Å². The van der Waals surface area contributed by atoms with Crippen LogP contribution in [0.25, 0.3) is 0 Å². The number of carbonyl (C=O) groups is 2. The largest absolute Gasteiger partial charge is 0.462 e. The van der Waals surface area contributed by atoms with Crippen molar-refractivity contribution < 1.29 is 23.0 Å². The monoisotopic (exact) mass is 431 g/mol. The summed E-state index contributed by atoms with van der Waals surface area (Å²) in [5, 5.41) is 3.23. The van der Waals surface area contributed by atoms with E-state index in [2.05, 4.69) is 5.32 Å². The Morgan fingerprint density at radius 3 is 2.59 bits per heavy atom. The van der Waals surface area contributed by atoms with Crippen molar-refractivity contribution in [1.29, 1.82) is 0 Å². The van der Waals surface area contributed by atoms with Crippen molar-refractivity contribution in [2.45, 2.75) is 17.6 Å². The van der Waals surface area contributed by atoms with Gasteiger partial charge in [-0.25, -0.2) is 4.79 Å². The molecule has 1 aromatic heterocycles. The summed E-state index contributed by atoms with van der Waals surface area (Å²) < 4.78 is 22.9. The smallest absolute Gasteiger partial charge is 0.338 e. The Morgan fingerprint density at radius 1 is 1.10 bits per heavy atom. The number of amides is 1. The first-order chi connectivity index (χ1) is 14.0. The molecule has 2 aromatic carbocycles. The number of nitrogens with one attached hydrogen (secondary N) is 1. The molecule has 0 bridgehead atoms. The second-order valence-electron chi connectivity index (χ2n) is 5.97. The molecule has 0 radical (unpaired) electrons. The van der Waals surface area contributed by atoms with Crippen molar-refractivity contribution in [2.24, 2.45) is 0 Å². The highest BCUT2D eigenvalue weighted by Gasteiger charge is 2.15. The number of anilines is 1. The van der Waals surface area contributed by atoms with Gasteiger partial charge in [-0.2, -0.15) is 0 Å². The standard InChI is InChI=1S/C21H18ClNO5S/c1-2-27-21(25)14-4-3-5-16(12-14)23-20(24)19-11-8-17(28-19)13-29(26)18-9-6-15(22)7-10-18/h3-12H,2,13H2,1H3,(H,23,24)/t29-/m0/s1. The average Bonchev–Trinajstić information content (AvgIpc) is 3.17. The molecule has 0 saturated heterocycles. The minimum Gasteiger partial charge on any atom is -0.462 e. The van der Waals surface area contributed by atoms with Gasteiger partial charge in [0.1, 0.15) is 5.76 Å². The van der Waals surface area contributed by atoms with E-state index in [9.17, 15) is 13.8 Å². The van der Waals surface area contributed by atoms with E-state index in [-0.39, 0.29) is 18.1 Å². The van der Waals surface area contributed by atoms with Crippen LogP contribution >= 0.6 is 11.6 Å². The minimum atomic E-state index is -1.33. The number of ether oxygens (including phenoxy) is 1. The normalized spacial score (nSPS) is 11.7. The number of hydrogen-bond donors (Lipinski definition) is 1. The summed E-state index contributed by atoms with van der Waals surface area (Å²) in [6, 6.07) is 16.2. The van der Waals surface area contributed by atoms with E-state index in [1.807, 2.05) is 0 Å². The topological polar surface area (TPSA) is 85.6 Å². The summed E-state index contributed by atoms with van der Waals surface area (Å²) in [6.45, 7) is 1.99.